The number of anilines is 1. The summed E-state index contributed by atoms with van der Waals surface area (Å²) in [6, 6.07) is 3.40. The third kappa shape index (κ3) is 8.50. The first-order valence-electron chi connectivity index (χ1n) is 6.28. The number of halogens is 2. The summed E-state index contributed by atoms with van der Waals surface area (Å²) in [6.45, 7) is 5.49. The molecule has 2 aromatic heterocycles. The first-order chi connectivity index (χ1) is 10.6. The van der Waals surface area contributed by atoms with Crippen molar-refractivity contribution in [3.8, 4) is 0 Å². The number of hydrogen-bond donors (Lipinski definition) is 2. The smallest absolute Gasteiger partial charge is 0.412 e. The highest BCUT2D eigenvalue weighted by molar-refractivity contribution is 9.11. The summed E-state index contributed by atoms with van der Waals surface area (Å²) >= 11 is 9.34. The standard InChI is InChI=1S/C9H12BrNO2S.C5H3BrO2S/c1-9(2,3)13-8(12)11-6-4-7(10)14-5-6;6-4-1-3(2-9-4)5(7)8/h4-5H,1-3H3,(H,11,12);1-2H,(H,7,8). The predicted octanol–water partition coefficient (Wildman–Crippen LogP) is 6.07. The maximum absolute atomic E-state index is 11.3. The second-order valence-electron chi connectivity index (χ2n) is 5.21. The lowest BCUT2D eigenvalue weighted by Gasteiger charge is -2.19. The average Bonchev–Trinajstić information content (AvgIpc) is 2.97. The highest BCUT2D eigenvalue weighted by atomic mass is 79.9. The third-order valence-electron chi connectivity index (χ3n) is 2.03. The van der Waals surface area contributed by atoms with Crippen molar-refractivity contribution < 1.29 is 19.4 Å². The molecule has 0 radical (unpaired) electrons. The fraction of sp³-hybridized carbons (Fsp3) is 0.286. The van der Waals surface area contributed by atoms with Gasteiger partial charge in [-0.2, -0.15) is 0 Å². The lowest BCUT2D eigenvalue weighted by atomic mass is 10.2. The van der Waals surface area contributed by atoms with E-state index in [2.05, 4.69) is 37.2 Å². The van der Waals surface area contributed by atoms with Crippen molar-refractivity contribution in [2.24, 2.45) is 0 Å². The van der Waals surface area contributed by atoms with Crippen molar-refractivity contribution in [1.82, 2.24) is 0 Å². The second kappa shape index (κ2) is 8.81. The van der Waals surface area contributed by atoms with Gasteiger partial charge in [0.2, 0.25) is 0 Å². The fourth-order valence-corrected chi connectivity index (χ4v) is 3.44. The highest BCUT2D eigenvalue weighted by Crippen LogP contribution is 2.24. The quantitative estimate of drug-likeness (QED) is 0.542. The van der Waals surface area contributed by atoms with Crippen LogP contribution in [0.15, 0.2) is 30.5 Å². The number of carbonyl (C=O) groups is 2. The molecule has 0 saturated heterocycles. The molecular weight excluding hydrogens is 470 g/mol. The van der Waals surface area contributed by atoms with Crippen molar-refractivity contribution in [3.63, 3.8) is 0 Å². The molecule has 2 rings (SSSR count). The van der Waals surface area contributed by atoms with E-state index in [-0.39, 0.29) is 0 Å². The Balaban J connectivity index is 0.000000253. The first-order valence-corrected chi connectivity index (χ1v) is 9.63. The van der Waals surface area contributed by atoms with Gasteiger partial charge in [0.15, 0.2) is 0 Å². The van der Waals surface area contributed by atoms with Crippen molar-refractivity contribution in [3.05, 3.63) is 36.0 Å². The maximum Gasteiger partial charge on any atom is 0.412 e. The number of hydrogen-bond acceptors (Lipinski definition) is 5. The van der Waals surface area contributed by atoms with E-state index in [1.54, 1.807) is 11.4 Å². The van der Waals surface area contributed by atoms with Gasteiger partial charge < -0.3 is 9.84 Å². The average molecular weight is 485 g/mol. The van der Waals surface area contributed by atoms with E-state index in [1.807, 2.05) is 32.2 Å². The summed E-state index contributed by atoms with van der Waals surface area (Å²) in [4.78, 5) is 21.5. The van der Waals surface area contributed by atoms with Crippen molar-refractivity contribution in [2.45, 2.75) is 26.4 Å². The van der Waals surface area contributed by atoms with E-state index in [0.29, 0.717) is 5.56 Å². The van der Waals surface area contributed by atoms with E-state index in [1.165, 1.54) is 22.7 Å². The van der Waals surface area contributed by atoms with Gasteiger partial charge in [-0.1, -0.05) is 0 Å². The molecule has 2 N–H and O–H groups in total. The lowest BCUT2D eigenvalue weighted by Crippen LogP contribution is -2.27. The van der Waals surface area contributed by atoms with E-state index >= 15 is 0 Å². The Bertz CT molecular complexity index is 676. The molecule has 0 spiro atoms. The van der Waals surface area contributed by atoms with Gasteiger partial charge in [-0.25, -0.2) is 9.59 Å². The Morgan fingerprint density at radius 3 is 2.04 bits per heavy atom. The minimum absolute atomic E-state index is 0.340. The van der Waals surface area contributed by atoms with Crippen LogP contribution in [0.2, 0.25) is 0 Å². The number of nitrogens with one attached hydrogen (secondary N) is 1. The summed E-state index contributed by atoms with van der Waals surface area (Å²) in [5.41, 5.74) is 0.625. The fourth-order valence-electron chi connectivity index (χ4n) is 1.22. The van der Waals surface area contributed by atoms with E-state index in [0.717, 1.165) is 13.3 Å². The molecule has 0 fully saturated rings. The van der Waals surface area contributed by atoms with Crippen molar-refractivity contribution in [2.75, 3.05) is 5.32 Å². The normalized spacial score (nSPS) is 10.5. The number of amides is 1. The zero-order valence-electron chi connectivity index (χ0n) is 12.6. The van der Waals surface area contributed by atoms with Crippen LogP contribution < -0.4 is 5.32 Å². The molecule has 1 amide bonds. The number of carboxylic acids is 1. The zero-order valence-corrected chi connectivity index (χ0v) is 17.4. The largest absolute Gasteiger partial charge is 0.478 e. The number of rotatable bonds is 2. The van der Waals surface area contributed by atoms with E-state index < -0.39 is 17.7 Å². The summed E-state index contributed by atoms with van der Waals surface area (Å²) < 4.78 is 6.91. The van der Waals surface area contributed by atoms with Crippen LogP contribution in [0.4, 0.5) is 10.5 Å². The molecule has 5 nitrogen and oxygen atoms in total. The van der Waals surface area contributed by atoms with Crippen LogP contribution in [0.1, 0.15) is 31.1 Å². The molecule has 2 heterocycles. The monoisotopic (exact) mass is 483 g/mol. The molecule has 0 atom stereocenters. The van der Waals surface area contributed by atoms with Gasteiger partial charge in [-0.3, -0.25) is 5.32 Å². The van der Waals surface area contributed by atoms with Gasteiger partial charge in [0.25, 0.3) is 0 Å². The minimum atomic E-state index is -0.878. The Labute approximate surface area is 158 Å². The molecule has 0 aliphatic rings. The van der Waals surface area contributed by atoms with Crippen molar-refractivity contribution in [1.29, 1.82) is 0 Å². The molecule has 126 valence electrons. The van der Waals surface area contributed by atoms with Crippen LogP contribution in [0.25, 0.3) is 0 Å². The van der Waals surface area contributed by atoms with E-state index in [9.17, 15) is 9.59 Å². The van der Waals surface area contributed by atoms with Crippen LogP contribution in [0, 0.1) is 0 Å². The van der Waals surface area contributed by atoms with Gasteiger partial charge >= 0.3 is 12.1 Å². The number of aromatic carboxylic acids is 1. The molecule has 0 bridgehead atoms. The van der Waals surface area contributed by atoms with Gasteiger partial charge in [0.05, 0.1) is 18.8 Å². The SMILES string of the molecule is CC(C)(C)OC(=O)Nc1csc(Br)c1.O=C(O)c1csc(Br)c1. The summed E-state index contributed by atoms with van der Waals surface area (Å²) in [6.07, 6.45) is -0.428. The Hall–Kier alpha value is -0.900. The van der Waals surface area contributed by atoms with Gasteiger partial charge in [-0.15, -0.1) is 22.7 Å². The Morgan fingerprint density at radius 1 is 1.13 bits per heavy atom. The van der Waals surface area contributed by atoms with Crippen LogP contribution in [0.5, 0.6) is 0 Å². The van der Waals surface area contributed by atoms with Crippen LogP contribution in [-0.2, 0) is 4.74 Å². The molecule has 0 saturated carbocycles. The van der Waals surface area contributed by atoms with Gasteiger partial charge in [-0.05, 0) is 64.8 Å². The third-order valence-corrected chi connectivity index (χ3v) is 5.04. The van der Waals surface area contributed by atoms with Gasteiger partial charge in [0.1, 0.15) is 5.60 Å². The molecule has 2 aromatic rings. The topological polar surface area (TPSA) is 75.6 Å². The van der Waals surface area contributed by atoms with Crippen LogP contribution in [-0.4, -0.2) is 22.8 Å². The highest BCUT2D eigenvalue weighted by Gasteiger charge is 2.16. The Morgan fingerprint density at radius 2 is 1.70 bits per heavy atom. The molecular formula is C14H15Br2NO4S2. The van der Waals surface area contributed by atoms with E-state index in [4.69, 9.17) is 9.84 Å². The lowest BCUT2D eigenvalue weighted by molar-refractivity contribution is 0.0634. The molecule has 0 aliphatic carbocycles. The molecule has 0 aromatic carbocycles. The Kier molecular flexibility index (Phi) is 7.72. The molecule has 9 heteroatoms. The number of carbonyl (C=O) groups excluding carboxylic acids is 1. The maximum atomic E-state index is 11.3. The molecule has 0 aliphatic heterocycles. The minimum Gasteiger partial charge on any atom is -0.478 e. The number of ether oxygens (including phenoxy) is 1. The summed E-state index contributed by atoms with van der Waals surface area (Å²) in [5, 5.41) is 14.5. The van der Waals surface area contributed by atoms with Crippen LogP contribution >= 0.6 is 54.5 Å². The summed E-state index contributed by atoms with van der Waals surface area (Å²) in [7, 11) is 0. The molecule has 23 heavy (non-hydrogen) atoms. The zero-order chi connectivity index (χ0) is 17.6. The van der Waals surface area contributed by atoms with Gasteiger partial charge in [0, 0.05) is 10.8 Å². The number of thiophene rings is 2. The second-order valence-corrected chi connectivity index (χ2v) is 9.79. The van der Waals surface area contributed by atoms with Crippen LogP contribution in [0.3, 0.4) is 0 Å². The van der Waals surface area contributed by atoms with Crippen molar-refractivity contribution >= 4 is 72.3 Å². The summed E-state index contributed by atoms with van der Waals surface area (Å²) in [5.74, 6) is -0.878. The predicted molar refractivity (Wildman–Crippen MR) is 101 cm³/mol. The first kappa shape index (κ1) is 20.1. The number of carboxylic acid groups (broad SMARTS) is 1. The molecule has 0 unspecified atom stereocenters.